The Balaban J connectivity index is 2.68. The summed E-state index contributed by atoms with van der Waals surface area (Å²) in [6.45, 7) is 6.54. The molecular weight excluding hydrogens is 186 g/mol. The van der Waals surface area contributed by atoms with Gasteiger partial charge in [0.05, 0.1) is 12.1 Å². The molecule has 0 amide bonds. The number of aliphatic hydroxyl groups is 1. The molecule has 0 saturated carbocycles. The van der Waals surface area contributed by atoms with E-state index in [2.05, 4.69) is 26.1 Å². The maximum atomic E-state index is 9.43. The van der Waals surface area contributed by atoms with Crippen molar-refractivity contribution in [1.82, 2.24) is 0 Å². The van der Waals surface area contributed by atoms with Crippen LogP contribution in [0.4, 0.5) is 5.69 Å². The molecule has 0 saturated heterocycles. The normalized spacial score (nSPS) is 15.0. The largest absolute Gasteiger partial charge is 0.394 e. The Morgan fingerprint density at radius 1 is 1.27 bits per heavy atom. The monoisotopic (exact) mass is 207 g/mol. The van der Waals surface area contributed by atoms with E-state index in [1.165, 1.54) is 0 Å². The SMILES string of the molecule is CC(C)CC(C)(CO)Nc1ccccc1. The summed E-state index contributed by atoms with van der Waals surface area (Å²) in [5.74, 6) is 0.568. The van der Waals surface area contributed by atoms with Crippen LogP contribution in [0.25, 0.3) is 0 Å². The van der Waals surface area contributed by atoms with E-state index in [9.17, 15) is 5.11 Å². The fraction of sp³-hybridized carbons (Fsp3) is 0.538. The molecule has 0 fully saturated rings. The Hall–Kier alpha value is -1.02. The lowest BCUT2D eigenvalue weighted by atomic mass is 9.91. The van der Waals surface area contributed by atoms with Gasteiger partial charge in [-0.2, -0.15) is 0 Å². The van der Waals surface area contributed by atoms with Crippen LogP contribution in [0.2, 0.25) is 0 Å². The Morgan fingerprint density at radius 3 is 2.33 bits per heavy atom. The van der Waals surface area contributed by atoms with Crippen molar-refractivity contribution in [3.05, 3.63) is 30.3 Å². The van der Waals surface area contributed by atoms with Crippen molar-refractivity contribution in [3.8, 4) is 0 Å². The van der Waals surface area contributed by atoms with Crippen molar-refractivity contribution < 1.29 is 5.11 Å². The van der Waals surface area contributed by atoms with Gasteiger partial charge in [-0.3, -0.25) is 0 Å². The van der Waals surface area contributed by atoms with Gasteiger partial charge in [0.1, 0.15) is 0 Å². The van der Waals surface area contributed by atoms with E-state index in [0.717, 1.165) is 12.1 Å². The average Bonchev–Trinajstić information content (AvgIpc) is 2.18. The molecule has 1 rings (SSSR count). The van der Waals surface area contributed by atoms with Crippen molar-refractivity contribution in [2.45, 2.75) is 32.7 Å². The molecule has 0 heterocycles. The van der Waals surface area contributed by atoms with E-state index >= 15 is 0 Å². The number of hydrogen-bond acceptors (Lipinski definition) is 2. The summed E-state index contributed by atoms with van der Waals surface area (Å²) in [6.07, 6.45) is 0.957. The van der Waals surface area contributed by atoms with Crippen molar-refractivity contribution in [2.24, 2.45) is 5.92 Å². The fourth-order valence-corrected chi connectivity index (χ4v) is 1.93. The van der Waals surface area contributed by atoms with Gasteiger partial charge in [-0.25, -0.2) is 0 Å². The highest BCUT2D eigenvalue weighted by Crippen LogP contribution is 2.21. The second-order valence-electron chi connectivity index (χ2n) is 4.81. The van der Waals surface area contributed by atoms with Crippen LogP contribution in [0.3, 0.4) is 0 Å². The number of hydrogen-bond donors (Lipinski definition) is 2. The lowest BCUT2D eigenvalue weighted by molar-refractivity contribution is 0.202. The minimum atomic E-state index is -0.227. The molecule has 0 aliphatic heterocycles. The molecule has 0 aromatic heterocycles. The maximum Gasteiger partial charge on any atom is 0.0658 e. The van der Waals surface area contributed by atoms with Crippen LogP contribution in [0, 0.1) is 5.92 Å². The molecule has 84 valence electrons. The van der Waals surface area contributed by atoms with E-state index < -0.39 is 0 Å². The van der Waals surface area contributed by atoms with Gasteiger partial charge in [0.15, 0.2) is 0 Å². The summed E-state index contributed by atoms with van der Waals surface area (Å²) in [4.78, 5) is 0. The molecule has 2 nitrogen and oxygen atoms in total. The van der Waals surface area contributed by atoms with E-state index in [1.54, 1.807) is 0 Å². The second kappa shape index (κ2) is 5.17. The number of aliphatic hydroxyl groups excluding tert-OH is 1. The summed E-state index contributed by atoms with van der Waals surface area (Å²) in [7, 11) is 0. The second-order valence-corrected chi connectivity index (χ2v) is 4.81. The highest BCUT2D eigenvalue weighted by Gasteiger charge is 2.23. The quantitative estimate of drug-likeness (QED) is 0.778. The van der Waals surface area contributed by atoms with Crippen LogP contribution in [0.5, 0.6) is 0 Å². The van der Waals surface area contributed by atoms with Gasteiger partial charge < -0.3 is 10.4 Å². The van der Waals surface area contributed by atoms with Crippen LogP contribution < -0.4 is 5.32 Å². The Kier molecular flexibility index (Phi) is 4.15. The summed E-state index contributed by atoms with van der Waals surface area (Å²) in [5, 5.41) is 12.8. The van der Waals surface area contributed by atoms with Crippen LogP contribution in [0.15, 0.2) is 30.3 Å². The lowest BCUT2D eigenvalue weighted by Gasteiger charge is -2.31. The summed E-state index contributed by atoms with van der Waals surface area (Å²) in [5.41, 5.74) is 0.838. The molecule has 1 aromatic rings. The van der Waals surface area contributed by atoms with Crippen molar-refractivity contribution in [3.63, 3.8) is 0 Å². The average molecular weight is 207 g/mol. The van der Waals surface area contributed by atoms with Crippen molar-refractivity contribution in [1.29, 1.82) is 0 Å². The number of para-hydroxylation sites is 1. The predicted molar refractivity (Wildman–Crippen MR) is 65.0 cm³/mol. The van der Waals surface area contributed by atoms with E-state index in [1.807, 2.05) is 30.3 Å². The summed E-state index contributed by atoms with van der Waals surface area (Å²) < 4.78 is 0. The van der Waals surface area contributed by atoms with Crippen LogP contribution in [-0.2, 0) is 0 Å². The topological polar surface area (TPSA) is 32.3 Å². The third-order valence-corrected chi connectivity index (χ3v) is 2.43. The Bertz CT molecular complexity index is 284. The number of nitrogens with one attached hydrogen (secondary N) is 1. The zero-order chi connectivity index (χ0) is 11.3. The molecule has 0 radical (unpaired) electrons. The van der Waals surface area contributed by atoms with Gasteiger partial charge in [0, 0.05) is 5.69 Å². The number of benzene rings is 1. The minimum absolute atomic E-state index is 0.153. The number of anilines is 1. The zero-order valence-electron chi connectivity index (χ0n) is 9.83. The molecule has 0 bridgehead atoms. The highest BCUT2D eigenvalue weighted by atomic mass is 16.3. The zero-order valence-corrected chi connectivity index (χ0v) is 9.83. The molecule has 1 unspecified atom stereocenters. The first-order valence-corrected chi connectivity index (χ1v) is 5.50. The number of rotatable bonds is 5. The third kappa shape index (κ3) is 3.92. The summed E-state index contributed by atoms with van der Waals surface area (Å²) >= 11 is 0. The van der Waals surface area contributed by atoms with Gasteiger partial charge >= 0.3 is 0 Å². The molecular formula is C13H21NO. The van der Waals surface area contributed by atoms with Crippen LogP contribution >= 0.6 is 0 Å². The van der Waals surface area contributed by atoms with Gasteiger partial charge in [-0.05, 0) is 31.4 Å². The molecule has 0 aliphatic rings. The molecule has 1 atom stereocenters. The smallest absolute Gasteiger partial charge is 0.0658 e. The molecule has 2 N–H and O–H groups in total. The summed E-state index contributed by atoms with van der Waals surface area (Å²) in [6, 6.07) is 10.0. The molecule has 0 spiro atoms. The predicted octanol–water partition coefficient (Wildman–Crippen LogP) is 2.90. The van der Waals surface area contributed by atoms with Gasteiger partial charge in [-0.1, -0.05) is 32.0 Å². The Labute approximate surface area is 92.3 Å². The highest BCUT2D eigenvalue weighted by molar-refractivity contribution is 5.44. The van der Waals surface area contributed by atoms with E-state index in [0.29, 0.717) is 5.92 Å². The first-order chi connectivity index (χ1) is 7.06. The standard InChI is InChI=1S/C13H21NO/c1-11(2)9-13(3,10-15)14-12-7-5-4-6-8-12/h4-8,11,14-15H,9-10H2,1-3H3. The Morgan fingerprint density at radius 2 is 1.87 bits per heavy atom. The maximum absolute atomic E-state index is 9.43. The minimum Gasteiger partial charge on any atom is -0.394 e. The van der Waals surface area contributed by atoms with Crippen LogP contribution in [0.1, 0.15) is 27.2 Å². The van der Waals surface area contributed by atoms with Gasteiger partial charge in [0.25, 0.3) is 0 Å². The van der Waals surface area contributed by atoms with Gasteiger partial charge in [-0.15, -0.1) is 0 Å². The molecule has 2 heteroatoms. The van der Waals surface area contributed by atoms with Crippen molar-refractivity contribution >= 4 is 5.69 Å². The first kappa shape index (κ1) is 12.1. The first-order valence-electron chi connectivity index (χ1n) is 5.50. The van der Waals surface area contributed by atoms with Crippen molar-refractivity contribution in [2.75, 3.05) is 11.9 Å². The fourth-order valence-electron chi connectivity index (χ4n) is 1.93. The molecule has 1 aromatic carbocycles. The van der Waals surface area contributed by atoms with Crippen LogP contribution in [-0.4, -0.2) is 17.3 Å². The molecule has 0 aliphatic carbocycles. The third-order valence-electron chi connectivity index (χ3n) is 2.43. The molecule has 15 heavy (non-hydrogen) atoms. The lowest BCUT2D eigenvalue weighted by Crippen LogP contribution is -2.40. The van der Waals surface area contributed by atoms with E-state index in [4.69, 9.17) is 0 Å². The van der Waals surface area contributed by atoms with Gasteiger partial charge in [0.2, 0.25) is 0 Å². The van der Waals surface area contributed by atoms with E-state index in [-0.39, 0.29) is 12.1 Å².